The average molecular weight is 242 g/mol. The molecule has 0 aromatic carbocycles. The van der Waals surface area contributed by atoms with Crippen LogP contribution in [-0.4, -0.2) is 62.5 Å². The number of rotatable bonds is 6. The van der Waals surface area contributed by atoms with Gasteiger partial charge in [-0.2, -0.15) is 0 Å². The minimum absolute atomic E-state index is 0.0205. The van der Waals surface area contributed by atoms with Gasteiger partial charge < -0.3 is 16.0 Å². The number of nitrogens with zero attached hydrogens (tertiary/aromatic N) is 1. The topological polar surface area (TPSA) is 73.5 Å². The third-order valence-electron chi connectivity index (χ3n) is 2.87. The van der Waals surface area contributed by atoms with E-state index in [9.17, 15) is 9.59 Å². The molecular weight excluding hydrogens is 220 g/mol. The van der Waals surface area contributed by atoms with Crippen LogP contribution >= 0.6 is 0 Å². The van der Waals surface area contributed by atoms with Crippen molar-refractivity contribution in [2.45, 2.75) is 19.4 Å². The van der Waals surface area contributed by atoms with Crippen LogP contribution < -0.4 is 16.0 Å². The van der Waals surface area contributed by atoms with E-state index in [-0.39, 0.29) is 11.8 Å². The third-order valence-corrected chi connectivity index (χ3v) is 2.87. The fraction of sp³-hybridized carbons (Fsp3) is 0.818. The molecule has 1 rings (SSSR count). The first-order valence-corrected chi connectivity index (χ1v) is 6.02. The Labute approximate surface area is 102 Å². The molecule has 6 nitrogen and oxygen atoms in total. The highest BCUT2D eigenvalue weighted by Crippen LogP contribution is 2.07. The zero-order valence-corrected chi connectivity index (χ0v) is 10.6. The summed E-state index contributed by atoms with van der Waals surface area (Å²) >= 11 is 0. The molecule has 0 bridgehead atoms. The van der Waals surface area contributed by atoms with Crippen LogP contribution in [0.4, 0.5) is 0 Å². The highest BCUT2D eigenvalue weighted by atomic mass is 16.2. The van der Waals surface area contributed by atoms with Crippen LogP contribution in [0.25, 0.3) is 0 Å². The first-order valence-electron chi connectivity index (χ1n) is 6.02. The second-order valence-electron chi connectivity index (χ2n) is 4.34. The molecule has 0 saturated carbocycles. The first kappa shape index (κ1) is 13.9. The van der Waals surface area contributed by atoms with Crippen LogP contribution in [0.5, 0.6) is 0 Å². The Bertz CT molecular complexity index is 270. The fourth-order valence-electron chi connectivity index (χ4n) is 1.91. The number of carbonyl (C=O) groups is 2. The van der Waals surface area contributed by atoms with Crippen molar-refractivity contribution in [2.75, 3.05) is 39.8 Å². The maximum Gasteiger partial charge on any atom is 0.234 e. The molecule has 0 aromatic heterocycles. The van der Waals surface area contributed by atoms with E-state index in [1.165, 1.54) is 6.92 Å². The quantitative estimate of drug-likeness (QED) is 0.497. The Morgan fingerprint density at radius 1 is 1.29 bits per heavy atom. The molecule has 1 unspecified atom stereocenters. The second-order valence-corrected chi connectivity index (χ2v) is 4.34. The predicted octanol–water partition coefficient (Wildman–Crippen LogP) is -1.47. The van der Waals surface area contributed by atoms with E-state index in [4.69, 9.17) is 0 Å². The molecule has 6 heteroatoms. The second kappa shape index (κ2) is 7.24. The van der Waals surface area contributed by atoms with Crippen LogP contribution in [0.15, 0.2) is 0 Å². The molecular formula is C11H22N4O2. The van der Waals surface area contributed by atoms with Gasteiger partial charge in [-0.3, -0.25) is 14.5 Å². The lowest BCUT2D eigenvalue weighted by molar-refractivity contribution is -0.122. The van der Waals surface area contributed by atoms with Crippen LogP contribution in [0.3, 0.4) is 0 Å². The van der Waals surface area contributed by atoms with Crippen molar-refractivity contribution in [3.8, 4) is 0 Å². The van der Waals surface area contributed by atoms with Crippen molar-refractivity contribution in [1.29, 1.82) is 0 Å². The molecule has 1 heterocycles. The average Bonchev–Trinajstić information content (AvgIpc) is 2.72. The van der Waals surface area contributed by atoms with E-state index in [1.54, 1.807) is 0 Å². The summed E-state index contributed by atoms with van der Waals surface area (Å²) in [4.78, 5) is 24.3. The van der Waals surface area contributed by atoms with Crippen molar-refractivity contribution in [3.05, 3.63) is 0 Å². The van der Waals surface area contributed by atoms with E-state index >= 15 is 0 Å². The standard InChI is InChI=1S/C11H22N4O2/c1-9(16)13-4-5-14-11(17)8-15-6-3-10(7-15)12-2/h10,12H,3-8H2,1-2H3,(H,13,16)(H,14,17). The zero-order valence-electron chi connectivity index (χ0n) is 10.6. The molecule has 0 spiro atoms. The number of likely N-dealkylation sites (tertiary alicyclic amines) is 1. The van der Waals surface area contributed by atoms with Gasteiger partial charge in [-0.15, -0.1) is 0 Å². The molecule has 17 heavy (non-hydrogen) atoms. The number of nitrogens with one attached hydrogen (secondary N) is 3. The third kappa shape index (κ3) is 5.65. The molecule has 0 radical (unpaired) electrons. The molecule has 1 saturated heterocycles. The highest BCUT2D eigenvalue weighted by Gasteiger charge is 2.22. The van der Waals surface area contributed by atoms with Gasteiger partial charge in [0.25, 0.3) is 0 Å². The van der Waals surface area contributed by atoms with Gasteiger partial charge in [-0.05, 0) is 13.5 Å². The highest BCUT2D eigenvalue weighted by molar-refractivity contribution is 5.78. The van der Waals surface area contributed by atoms with Gasteiger partial charge in [0.05, 0.1) is 6.54 Å². The lowest BCUT2D eigenvalue weighted by Gasteiger charge is -2.15. The first-order chi connectivity index (χ1) is 8.11. The molecule has 3 N–H and O–H groups in total. The van der Waals surface area contributed by atoms with Crippen molar-refractivity contribution in [2.24, 2.45) is 0 Å². The van der Waals surface area contributed by atoms with E-state index in [2.05, 4.69) is 20.9 Å². The molecule has 1 atom stereocenters. The molecule has 2 amide bonds. The van der Waals surface area contributed by atoms with E-state index in [0.717, 1.165) is 19.5 Å². The molecule has 1 fully saturated rings. The van der Waals surface area contributed by atoms with Crippen LogP contribution in [0, 0.1) is 0 Å². The Morgan fingerprint density at radius 2 is 2.00 bits per heavy atom. The Hall–Kier alpha value is -1.14. The summed E-state index contributed by atoms with van der Waals surface area (Å²) in [5, 5.41) is 8.63. The van der Waals surface area contributed by atoms with Gasteiger partial charge in [0.15, 0.2) is 0 Å². The normalized spacial score (nSPS) is 20.2. The summed E-state index contributed by atoms with van der Waals surface area (Å²) in [6.45, 7) is 4.77. The Morgan fingerprint density at radius 3 is 2.59 bits per heavy atom. The minimum Gasteiger partial charge on any atom is -0.355 e. The van der Waals surface area contributed by atoms with Gasteiger partial charge in [0.2, 0.25) is 11.8 Å². The van der Waals surface area contributed by atoms with Crippen LogP contribution in [-0.2, 0) is 9.59 Å². The van der Waals surface area contributed by atoms with Crippen molar-refractivity contribution < 1.29 is 9.59 Å². The lowest BCUT2D eigenvalue weighted by Crippen LogP contribution is -2.40. The number of amides is 2. The van der Waals surface area contributed by atoms with E-state index in [0.29, 0.717) is 25.7 Å². The largest absolute Gasteiger partial charge is 0.355 e. The number of carbonyl (C=O) groups excluding carboxylic acids is 2. The van der Waals surface area contributed by atoms with Crippen LogP contribution in [0.2, 0.25) is 0 Å². The van der Waals surface area contributed by atoms with E-state index < -0.39 is 0 Å². The summed E-state index contributed by atoms with van der Waals surface area (Å²) in [6.07, 6.45) is 1.09. The summed E-state index contributed by atoms with van der Waals surface area (Å²) in [7, 11) is 1.95. The Balaban J connectivity index is 2.07. The monoisotopic (exact) mass is 242 g/mol. The predicted molar refractivity (Wildman–Crippen MR) is 65.6 cm³/mol. The minimum atomic E-state index is -0.0735. The van der Waals surface area contributed by atoms with Crippen molar-refractivity contribution in [1.82, 2.24) is 20.9 Å². The SMILES string of the molecule is CNC1CCN(CC(=O)NCCNC(C)=O)C1. The summed E-state index contributed by atoms with van der Waals surface area (Å²) in [5.41, 5.74) is 0. The molecule has 98 valence electrons. The number of hydrogen-bond donors (Lipinski definition) is 3. The number of hydrogen-bond acceptors (Lipinski definition) is 4. The van der Waals surface area contributed by atoms with Crippen molar-refractivity contribution >= 4 is 11.8 Å². The lowest BCUT2D eigenvalue weighted by atomic mass is 10.3. The summed E-state index contributed by atoms with van der Waals surface area (Å²) in [5.74, 6) is -0.0530. The van der Waals surface area contributed by atoms with E-state index in [1.807, 2.05) is 7.05 Å². The number of likely N-dealkylation sites (N-methyl/N-ethyl adjacent to an activating group) is 1. The molecule has 0 aliphatic carbocycles. The van der Waals surface area contributed by atoms with Crippen LogP contribution in [0.1, 0.15) is 13.3 Å². The summed E-state index contributed by atoms with van der Waals surface area (Å²) < 4.78 is 0. The molecule has 1 aliphatic rings. The van der Waals surface area contributed by atoms with Crippen molar-refractivity contribution in [3.63, 3.8) is 0 Å². The molecule has 1 aliphatic heterocycles. The summed E-state index contributed by atoms with van der Waals surface area (Å²) in [6, 6.07) is 0.502. The van der Waals surface area contributed by atoms with Gasteiger partial charge in [0, 0.05) is 39.1 Å². The maximum atomic E-state index is 11.6. The van der Waals surface area contributed by atoms with Gasteiger partial charge in [-0.25, -0.2) is 0 Å². The van der Waals surface area contributed by atoms with Gasteiger partial charge in [0.1, 0.15) is 0 Å². The smallest absolute Gasteiger partial charge is 0.234 e. The maximum absolute atomic E-state index is 11.6. The molecule has 0 aromatic rings. The zero-order chi connectivity index (χ0) is 12.7. The van der Waals surface area contributed by atoms with Gasteiger partial charge in [-0.1, -0.05) is 0 Å². The Kier molecular flexibility index (Phi) is 5.93. The van der Waals surface area contributed by atoms with Gasteiger partial charge >= 0.3 is 0 Å². The fourth-order valence-corrected chi connectivity index (χ4v) is 1.91.